The van der Waals surface area contributed by atoms with Crippen LogP contribution in [-0.2, 0) is 4.74 Å². The van der Waals surface area contributed by atoms with Gasteiger partial charge in [-0.3, -0.25) is 10.1 Å². The number of ether oxygens (including phenoxy) is 1. The fourth-order valence-electron chi connectivity index (χ4n) is 2.79. The number of rotatable bonds is 4. The number of nitrogens with zero attached hydrogens (tertiary/aromatic N) is 2. The summed E-state index contributed by atoms with van der Waals surface area (Å²) in [4.78, 5) is 24.6. The first kappa shape index (κ1) is 18.0. The molecule has 1 atom stereocenters. The molecule has 132 valence electrons. The SMILES string of the molecule is Cc1cccc(NC[C@@H]2CCN(C(=O)OC(C)(C)C)C2)c1[N+](=O)[O-]. The summed E-state index contributed by atoms with van der Waals surface area (Å²) in [7, 11) is 0. The summed E-state index contributed by atoms with van der Waals surface area (Å²) >= 11 is 0. The van der Waals surface area contributed by atoms with Gasteiger partial charge in [-0.2, -0.15) is 0 Å². The normalized spacial score (nSPS) is 17.7. The lowest BCUT2D eigenvalue weighted by atomic mass is 10.1. The Morgan fingerprint density at radius 1 is 1.46 bits per heavy atom. The van der Waals surface area contributed by atoms with Gasteiger partial charge in [-0.05, 0) is 46.1 Å². The highest BCUT2D eigenvalue weighted by Crippen LogP contribution is 2.29. The molecule has 1 aliphatic heterocycles. The number of para-hydroxylation sites is 1. The molecule has 2 rings (SSSR count). The highest BCUT2D eigenvalue weighted by atomic mass is 16.6. The molecule has 1 fully saturated rings. The van der Waals surface area contributed by atoms with Crippen molar-refractivity contribution in [2.24, 2.45) is 5.92 Å². The average molecular weight is 335 g/mol. The molecule has 0 unspecified atom stereocenters. The number of hydrogen-bond donors (Lipinski definition) is 1. The highest BCUT2D eigenvalue weighted by Gasteiger charge is 2.30. The first-order valence-corrected chi connectivity index (χ1v) is 8.13. The van der Waals surface area contributed by atoms with Crippen molar-refractivity contribution in [1.82, 2.24) is 4.90 Å². The van der Waals surface area contributed by atoms with Crippen LogP contribution in [0.4, 0.5) is 16.2 Å². The lowest BCUT2D eigenvalue weighted by molar-refractivity contribution is -0.384. The van der Waals surface area contributed by atoms with Gasteiger partial charge in [0.1, 0.15) is 11.3 Å². The van der Waals surface area contributed by atoms with Crippen LogP contribution in [-0.4, -0.2) is 41.2 Å². The van der Waals surface area contributed by atoms with Crippen molar-refractivity contribution in [1.29, 1.82) is 0 Å². The van der Waals surface area contributed by atoms with Gasteiger partial charge in [0.2, 0.25) is 0 Å². The second-order valence-corrected chi connectivity index (χ2v) is 7.19. The highest BCUT2D eigenvalue weighted by molar-refractivity contribution is 5.68. The Bertz CT molecular complexity index is 625. The molecule has 1 amide bonds. The van der Waals surface area contributed by atoms with Gasteiger partial charge >= 0.3 is 6.09 Å². The van der Waals surface area contributed by atoms with Crippen molar-refractivity contribution < 1.29 is 14.5 Å². The minimum absolute atomic E-state index is 0.111. The largest absolute Gasteiger partial charge is 0.444 e. The van der Waals surface area contributed by atoms with Crippen molar-refractivity contribution in [3.63, 3.8) is 0 Å². The van der Waals surface area contributed by atoms with E-state index >= 15 is 0 Å². The van der Waals surface area contributed by atoms with Crippen LogP contribution in [0, 0.1) is 23.0 Å². The summed E-state index contributed by atoms with van der Waals surface area (Å²) in [6, 6.07) is 5.24. The predicted molar refractivity (Wildman–Crippen MR) is 92.2 cm³/mol. The molecule has 1 aromatic carbocycles. The van der Waals surface area contributed by atoms with E-state index in [0.29, 0.717) is 30.9 Å². The van der Waals surface area contributed by atoms with Crippen molar-refractivity contribution in [2.75, 3.05) is 25.0 Å². The number of amides is 1. The molecule has 1 heterocycles. The van der Waals surface area contributed by atoms with Gasteiger partial charge < -0.3 is 15.0 Å². The molecule has 1 aliphatic rings. The maximum Gasteiger partial charge on any atom is 0.410 e. The van der Waals surface area contributed by atoms with E-state index in [9.17, 15) is 14.9 Å². The molecular formula is C17H25N3O4. The van der Waals surface area contributed by atoms with Crippen molar-refractivity contribution >= 4 is 17.5 Å². The molecule has 0 aromatic heterocycles. The number of nitro benzene ring substituents is 1. The van der Waals surface area contributed by atoms with Crippen LogP contribution >= 0.6 is 0 Å². The zero-order valence-electron chi connectivity index (χ0n) is 14.7. The summed E-state index contributed by atoms with van der Waals surface area (Å²) < 4.78 is 5.38. The smallest absolute Gasteiger partial charge is 0.410 e. The zero-order chi connectivity index (χ0) is 17.9. The minimum Gasteiger partial charge on any atom is -0.444 e. The number of nitro groups is 1. The minimum atomic E-state index is -0.504. The van der Waals surface area contributed by atoms with Crippen LogP contribution in [0.3, 0.4) is 0 Å². The van der Waals surface area contributed by atoms with Crippen LogP contribution in [0.2, 0.25) is 0 Å². The number of likely N-dealkylation sites (tertiary alicyclic amines) is 1. The summed E-state index contributed by atoms with van der Waals surface area (Å²) in [6.07, 6.45) is 0.554. The number of aryl methyl sites for hydroxylation is 1. The molecule has 24 heavy (non-hydrogen) atoms. The number of hydrogen-bond acceptors (Lipinski definition) is 5. The third kappa shape index (κ3) is 4.59. The Balaban J connectivity index is 1.92. The summed E-state index contributed by atoms with van der Waals surface area (Å²) in [5.74, 6) is 0.248. The van der Waals surface area contributed by atoms with Crippen LogP contribution in [0.5, 0.6) is 0 Å². The maximum absolute atomic E-state index is 12.1. The number of anilines is 1. The van der Waals surface area contributed by atoms with Gasteiger partial charge in [-0.15, -0.1) is 0 Å². The van der Waals surface area contributed by atoms with Gasteiger partial charge in [-0.1, -0.05) is 12.1 Å². The van der Waals surface area contributed by atoms with Crippen molar-refractivity contribution in [3.05, 3.63) is 33.9 Å². The van der Waals surface area contributed by atoms with Crippen molar-refractivity contribution in [3.8, 4) is 0 Å². The second kappa shape index (κ2) is 7.07. The summed E-state index contributed by atoms with van der Waals surface area (Å²) in [5, 5.41) is 14.4. The van der Waals surface area contributed by atoms with Gasteiger partial charge in [0, 0.05) is 25.2 Å². The van der Waals surface area contributed by atoms with Gasteiger partial charge in [0.15, 0.2) is 0 Å². The Labute approximate surface area is 142 Å². The molecular weight excluding hydrogens is 310 g/mol. The number of benzene rings is 1. The lowest BCUT2D eigenvalue weighted by Crippen LogP contribution is -2.35. The fourth-order valence-corrected chi connectivity index (χ4v) is 2.79. The molecule has 1 saturated heterocycles. The molecule has 0 saturated carbocycles. The molecule has 0 bridgehead atoms. The van der Waals surface area contributed by atoms with E-state index in [1.165, 1.54) is 0 Å². The summed E-state index contributed by atoms with van der Waals surface area (Å²) in [5.41, 5.74) is 0.761. The fraction of sp³-hybridized carbons (Fsp3) is 0.588. The van der Waals surface area contributed by atoms with Crippen LogP contribution in [0.25, 0.3) is 0 Å². The molecule has 7 nitrogen and oxygen atoms in total. The van der Waals surface area contributed by atoms with Crippen molar-refractivity contribution in [2.45, 2.75) is 39.7 Å². The van der Waals surface area contributed by atoms with E-state index in [1.807, 2.05) is 20.8 Å². The molecule has 0 aliphatic carbocycles. The van der Waals surface area contributed by atoms with E-state index < -0.39 is 5.60 Å². The average Bonchev–Trinajstić information content (AvgIpc) is 2.91. The molecule has 1 aromatic rings. The Hall–Kier alpha value is -2.31. The summed E-state index contributed by atoms with van der Waals surface area (Å²) in [6.45, 7) is 9.09. The lowest BCUT2D eigenvalue weighted by Gasteiger charge is -2.24. The number of carbonyl (C=O) groups is 1. The van der Waals surface area contributed by atoms with Crippen LogP contribution in [0.15, 0.2) is 18.2 Å². The zero-order valence-corrected chi connectivity index (χ0v) is 14.7. The van der Waals surface area contributed by atoms with Gasteiger partial charge in [-0.25, -0.2) is 4.79 Å². The molecule has 0 radical (unpaired) electrons. The van der Waals surface area contributed by atoms with E-state index in [4.69, 9.17) is 4.74 Å². The number of carbonyl (C=O) groups excluding carboxylic acids is 1. The van der Waals surface area contributed by atoms with Crippen LogP contribution in [0.1, 0.15) is 32.8 Å². The molecule has 1 N–H and O–H groups in total. The van der Waals surface area contributed by atoms with E-state index in [1.54, 1.807) is 30.0 Å². The van der Waals surface area contributed by atoms with Crippen LogP contribution < -0.4 is 5.32 Å². The Morgan fingerprint density at radius 3 is 2.79 bits per heavy atom. The molecule has 0 spiro atoms. The second-order valence-electron chi connectivity index (χ2n) is 7.19. The standard InChI is InChI=1S/C17H25N3O4/c1-12-6-5-7-14(15(12)20(22)23)18-10-13-8-9-19(11-13)16(21)24-17(2,3)4/h5-7,13,18H,8-11H2,1-4H3/t13-/m0/s1. The quantitative estimate of drug-likeness (QED) is 0.671. The monoisotopic (exact) mass is 335 g/mol. The van der Waals surface area contributed by atoms with Gasteiger partial charge in [0.25, 0.3) is 5.69 Å². The topological polar surface area (TPSA) is 84.7 Å². The first-order chi connectivity index (χ1) is 11.2. The maximum atomic E-state index is 12.1. The Kier molecular flexibility index (Phi) is 5.31. The van der Waals surface area contributed by atoms with E-state index in [0.717, 1.165) is 6.42 Å². The number of nitrogens with one attached hydrogen (secondary N) is 1. The third-order valence-corrected chi connectivity index (χ3v) is 3.94. The van der Waals surface area contributed by atoms with Gasteiger partial charge in [0.05, 0.1) is 4.92 Å². The predicted octanol–water partition coefficient (Wildman–Crippen LogP) is 3.57. The van der Waals surface area contributed by atoms with E-state index in [2.05, 4.69) is 5.32 Å². The van der Waals surface area contributed by atoms with E-state index in [-0.39, 0.29) is 22.6 Å². The molecule has 7 heteroatoms. The first-order valence-electron chi connectivity index (χ1n) is 8.13. The Morgan fingerprint density at radius 2 is 2.17 bits per heavy atom. The third-order valence-electron chi connectivity index (χ3n) is 3.94.